The van der Waals surface area contributed by atoms with Crippen LogP contribution in [0.2, 0.25) is 0 Å². The van der Waals surface area contributed by atoms with Crippen molar-refractivity contribution in [2.75, 3.05) is 11.9 Å². The SMILES string of the molecule is N#CCOc1ccc(NC(=O)c2ccc(F)nc2)cc1. The van der Waals surface area contributed by atoms with Gasteiger partial charge in [0.15, 0.2) is 6.61 Å². The van der Waals surface area contributed by atoms with Gasteiger partial charge in [0.2, 0.25) is 5.95 Å². The molecule has 0 aliphatic rings. The van der Waals surface area contributed by atoms with Gasteiger partial charge in [-0.25, -0.2) is 4.98 Å². The van der Waals surface area contributed by atoms with Gasteiger partial charge in [-0.15, -0.1) is 0 Å². The smallest absolute Gasteiger partial charge is 0.257 e. The fraction of sp³-hybridized carbons (Fsp3) is 0.0714. The van der Waals surface area contributed by atoms with Gasteiger partial charge in [-0.1, -0.05) is 0 Å². The summed E-state index contributed by atoms with van der Waals surface area (Å²) in [7, 11) is 0. The van der Waals surface area contributed by atoms with Gasteiger partial charge in [0.05, 0.1) is 5.56 Å². The summed E-state index contributed by atoms with van der Waals surface area (Å²) in [5.41, 5.74) is 0.819. The Morgan fingerprint density at radius 2 is 2.05 bits per heavy atom. The molecule has 1 amide bonds. The Balaban J connectivity index is 2.01. The highest BCUT2D eigenvalue weighted by atomic mass is 19.1. The summed E-state index contributed by atoms with van der Waals surface area (Å²) in [6.45, 7) is -0.0348. The zero-order valence-electron chi connectivity index (χ0n) is 10.3. The highest BCUT2D eigenvalue weighted by Gasteiger charge is 2.06. The van der Waals surface area contributed by atoms with Crippen LogP contribution in [0.3, 0.4) is 0 Å². The molecule has 2 rings (SSSR count). The first-order valence-corrected chi connectivity index (χ1v) is 5.72. The van der Waals surface area contributed by atoms with Crippen LogP contribution in [0.25, 0.3) is 0 Å². The summed E-state index contributed by atoms with van der Waals surface area (Å²) in [4.78, 5) is 15.2. The normalized spacial score (nSPS) is 9.60. The fourth-order valence-electron chi connectivity index (χ4n) is 1.46. The Hall–Kier alpha value is -2.94. The van der Waals surface area contributed by atoms with Gasteiger partial charge in [0.25, 0.3) is 5.91 Å². The van der Waals surface area contributed by atoms with E-state index in [-0.39, 0.29) is 18.1 Å². The summed E-state index contributed by atoms with van der Waals surface area (Å²) in [5.74, 6) is -0.489. The molecule has 1 aromatic heterocycles. The van der Waals surface area contributed by atoms with Crippen LogP contribution in [0.4, 0.5) is 10.1 Å². The highest BCUT2D eigenvalue weighted by Crippen LogP contribution is 2.16. The van der Waals surface area contributed by atoms with E-state index in [0.717, 1.165) is 12.3 Å². The third-order valence-electron chi connectivity index (χ3n) is 2.41. The average molecular weight is 271 g/mol. The summed E-state index contributed by atoms with van der Waals surface area (Å²) >= 11 is 0. The minimum atomic E-state index is -0.638. The Bertz CT molecular complexity index is 633. The molecule has 2 aromatic rings. The van der Waals surface area contributed by atoms with Crippen LogP contribution in [-0.2, 0) is 0 Å². The summed E-state index contributed by atoms with van der Waals surface area (Å²) in [5, 5.41) is 11.0. The monoisotopic (exact) mass is 271 g/mol. The zero-order chi connectivity index (χ0) is 14.4. The average Bonchev–Trinajstić information content (AvgIpc) is 2.47. The molecular formula is C14H10FN3O2. The number of rotatable bonds is 4. The molecule has 6 heteroatoms. The van der Waals surface area contributed by atoms with Gasteiger partial charge in [0.1, 0.15) is 11.8 Å². The van der Waals surface area contributed by atoms with Crippen LogP contribution in [0.5, 0.6) is 5.75 Å². The standard InChI is InChI=1S/C14H10FN3O2/c15-13-6-1-10(9-17-13)14(19)18-11-2-4-12(5-3-11)20-8-7-16/h1-6,9H,8H2,(H,18,19). The number of nitriles is 1. The van der Waals surface area contributed by atoms with E-state index < -0.39 is 5.95 Å². The van der Waals surface area contributed by atoms with E-state index in [0.29, 0.717) is 11.4 Å². The van der Waals surface area contributed by atoms with Crippen molar-refractivity contribution in [1.82, 2.24) is 4.98 Å². The lowest BCUT2D eigenvalue weighted by Crippen LogP contribution is -2.12. The molecule has 0 atom stereocenters. The molecule has 1 heterocycles. The van der Waals surface area contributed by atoms with Crippen molar-refractivity contribution in [3.05, 3.63) is 54.1 Å². The Labute approximate surface area is 114 Å². The Morgan fingerprint density at radius 3 is 2.65 bits per heavy atom. The van der Waals surface area contributed by atoms with E-state index in [1.165, 1.54) is 6.07 Å². The Morgan fingerprint density at radius 1 is 1.30 bits per heavy atom. The molecule has 0 saturated heterocycles. The topological polar surface area (TPSA) is 75.0 Å². The number of carbonyl (C=O) groups excluding carboxylic acids is 1. The fourth-order valence-corrected chi connectivity index (χ4v) is 1.46. The molecule has 0 radical (unpaired) electrons. The number of hydrogen-bond donors (Lipinski definition) is 1. The minimum absolute atomic E-state index is 0.0348. The molecule has 0 fully saturated rings. The molecular weight excluding hydrogens is 261 g/mol. The van der Waals surface area contributed by atoms with Crippen molar-refractivity contribution in [1.29, 1.82) is 5.26 Å². The van der Waals surface area contributed by atoms with Crippen molar-refractivity contribution in [3.8, 4) is 11.8 Å². The second-order valence-electron chi connectivity index (χ2n) is 3.79. The number of carbonyl (C=O) groups is 1. The second-order valence-corrected chi connectivity index (χ2v) is 3.79. The zero-order valence-corrected chi connectivity index (χ0v) is 10.3. The lowest BCUT2D eigenvalue weighted by Gasteiger charge is -2.06. The predicted octanol–water partition coefficient (Wildman–Crippen LogP) is 2.38. The molecule has 5 nitrogen and oxygen atoms in total. The second kappa shape index (κ2) is 6.29. The Kier molecular flexibility index (Phi) is 4.24. The molecule has 0 aliphatic carbocycles. The number of benzene rings is 1. The number of ether oxygens (including phenoxy) is 1. The van der Waals surface area contributed by atoms with Crippen LogP contribution < -0.4 is 10.1 Å². The molecule has 1 aromatic carbocycles. The maximum Gasteiger partial charge on any atom is 0.257 e. The van der Waals surface area contributed by atoms with E-state index in [1.54, 1.807) is 24.3 Å². The van der Waals surface area contributed by atoms with Crippen LogP contribution in [0.15, 0.2) is 42.6 Å². The molecule has 20 heavy (non-hydrogen) atoms. The van der Waals surface area contributed by atoms with E-state index in [9.17, 15) is 9.18 Å². The largest absolute Gasteiger partial charge is 0.479 e. The van der Waals surface area contributed by atoms with Gasteiger partial charge in [-0.2, -0.15) is 9.65 Å². The third kappa shape index (κ3) is 3.53. The van der Waals surface area contributed by atoms with E-state index in [1.807, 2.05) is 6.07 Å². The number of nitrogens with zero attached hydrogens (tertiary/aromatic N) is 2. The molecule has 1 N–H and O–H groups in total. The van der Waals surface area contributed by atoms with Gasteiger partial charge in [-0.3, -0.25) is 4.79 Å². The maximum atomic E-state index is 12.6. The van der Waals surface area contributed by atoms with E-state index in [2.05, 4.69) is 10.3 Å². The van der Waals surface area contributed by atoms with E-state index >= 15 is 0 Å². The van der Waals surface area contributed by atoms with Crippen molar-refractivity contribution in [3.63, 3.8) is 0 Å². The van der Waals surface area contributed by atoms with Crippen molar-refractivity contribution >= 4 is 11.6 Å². The number of amides is 1. The number of aromatic nitrogens is 1. The van der Waals surface area contributed by atoms with Crippen molar-refractivity contribution in [2.45, 2.75) is 0 Å². The third-order valence-corrected chi connectivity index (χ3v) is 2.41. The van der Waals surface area contributed by atoms with Crippen molar-refractivity contribution in [2.24, 2.45) is 0 Å². The number of anilines is 1. The number of nitrogens with one attached hydrogen (secondary N) is 1. The lowest BCUT2D eigenvalue weighted by molar-refractivity contribution is 0.102. The summed E-state index contributed by atoms with van der Waals surface area (Å²) in [6.07, 6.45) is 1.16. The van der Waals surface area contributed by atoms with Gasteiger partial charge < -0.3 is 10.1 Å². The molecule has 0 spiro atoms. The first-order valence-electron chi connectivity index (χ1n) is 5.72. The highest BCUT2D eigenvalue weighted by molar-refractivity contribution is 6.04. The quantitative estimate of drug-likeness (QED) is 0.866. The minimum Gasteiger partial charge on any atom is -0.479 e. The van der Waals surface area contributed by atoms with Gasteiger partial charge in [0, 0.05) is 11.9 Å². The molecule has 0 bridgehead atoms. The summed E-state index contributed by atoms with van der Waals surface area (Å²) < 4.78 is 17.7. The number of pyridine rings is 1. The lowest BCUT2D eigenvalue weighted by atomic mass is 10.2. The number of hydrogen-bond acceptors (Lipinski definition) is 4. The van der Waals surface area contributed by atoms with Crippen LogP contribution in [0.1, 0.15) is 10.4 Å². The summed E-state index contributed by atoms with van der Waals surface area (Å²) in [6, 6.07) is 10.9. The molecule has 100 valence electrons. The first-order chi connectivity index (χ1) is 9.69. The molecule has 0 unspecified atom stereocenters. The van der Waals surface area contributed by atoms with Gasteiger partial charge >= 0.3 is 0 Å². The predicted molar refractivity (Wildman–Crippen MR) is 69.7 cm³/mol. The first kappa shape index (κ1) is 13.5. The van der Waals surface area contributed by atoms with E-state index in [4.69, 9.17) is 10.00 Å². The molecule has 0 saturated carbocycles. The number of halogens is 1. The van der Waals surface area contributed by atoms with Crippen LogP contribution >= 0.6 is 0 Å². The molecule has 0 aliphatic heterocycles. The van der Waals surface area contributed by atoms with Gasteiger partial charge in [-0.05, 0) is 36.4 Å². The van der Waals surface area contributed by atoms with Crippen molar-refractivity contribution < 1.29 is 13.9 Å². The maximum absolute atomic E-state index is 12.6. The van der Waals surface area contributed by atoms with Crippen LogP contribution in [0, 0.1) is 17.3 Å². The van der Waals surface area contributed by atoms with Crippen LogP contribution in [-0.4, -0.2) is 17.5 Å².